The second-order valence-electron chi connectivity index (χ2n) is 2.52. The smallest absolute Gasteiger partial charge is 0.0860 e. The Labute approximate surface area is 76.6 Å². The second kappa shape index (κ2) is 3.59. The first-order valence-electron chi connectivity index (χ1n) is 3.77. The van der Waals surface area contributed by atoms with Gasteiger partial charge in [0, 0.05) is 7.05 Å². The molecule has 12 heavy (non-hydrogen) atoms. The molecule has 1 rings (SSSR count). The van der Waals surface area contributed by atoms with Gasteiger partial charge in [0.15, 0.2) is 0 Å². The van der Waals surface area contributed by atoms with E-state index in [2.05, 4.69) is 11.2 Å². The fraction of sp³-hybridized carbons (Fsp3) is 0.500. The SMILES string of the molecule is CCc1nn(C)c(CC#N)c1Cl. The first-order chi connectivity index (χ1) is 5.70. The molecule has 0 atom stereocenters. The van der Waals surface area contributed by atoms with Crippen LogP contribution in [0.2, 0.25) is 5.02 Å². The van der Waals surface area contributed by atoms with Crippen LogP contribution in [-0.2, 0) is 19.9 Å². The summed E-state index contributed by atoms with van der Waals surface area (Å²) in [6, 6.07) is 2.06. The normalized spacial score (nSPS) is 9.83. The van der Waals surface area contributed by atoms with Gasteiger partial charge in [-0.05, 0) is 6.42 Å². The molecule has 0 saturated carbocycles. The Bertz CT molecular complexity index is 322. The van der Waals surface area contributed by atoms with E-state index < -0.39 is 0 Å². The number of rotatable bonds is 2. The van der Waals surface area contributed by atoms with Crippen molar-refractivity contribution in [2.75, 3.05) is 0 Å². The summed E-state index contributed by atoms with van der Waals surface area (Å²) in [6.07, 6.45) is 1.13. The molecule has 0 amide bonds. The van der Waals surface area contributed by atoms with Crippen LogP contribution in [0.25, 0.3) is 0 Å². The summed E-state index contributed by atoms with van der Waals surface area (Å²) in [5, 5.41) is 13.3. The molecule has 0 fully saturated rings. The average Bonchev–Trinajstić information content (AvgIpc) is 2.32. The highest BCUT2D eigenvalue weighted by Gasteiger charge is 2.11. The third-order valence-corrected chi connectivity index (χ3v) is 2.19. The van der Waals surface area contributed by atoms with Crippen molar-refractivity contribution in [1.29, 1.82) is 5.26 Å². The molecule has 0 aliphatic rings. The fourth-order valence-electron chi connectivity index (χ4n) is 1.09. The molecular formula is C8H10ClN3. The van der Waals surface area contributed by atoms with E-state index in [0.29, 0.717) is 11.4 Å². The maximum absolute atomic E-state index is 8.50. The number of nitrogens with zero attached hydrogens (tertiary/aromatic N) is 3. The number of nitriles is 1. The number of halogens is 1. The van der Waals surface area contributed by atoms with Gasteiger partial charge in [0.2, 0.25) is 0 Å². The minimum atomic E-state index is 0.322. The van der Waals surface area contributed by atoms with Crippen molar-refractivity contribution in [3.8, 4) is 6.07 Å². The first-order valence-corrected chi connectivity index (χ1v) is 4.15. The molecule has 0 N–H and O–H groups in total. The van der Waals surface area contributed by atoms with Crippen LogP contribution in [0.3, 0.4) is 0 Å². The Kier molecular flexibility index (Phi) is 2.72. The van der Waals surface area contributed by atoms with Crippen molar-refractivity contribution in [1.82, 2.24) is 9.78 Å². The van der Waals surface area contributed by atoms with Crippen molar-refractivity contribution in [2.24, 2.45) is 7.05 Å². The Morgan fingerprint density at radius 2 is 2.33 bits per heavy atom. The summed E-state index contributed by atoms with van der Waals surface area (Å²) in [6.45, 7) is 1.99. The van der Waals surface area contributed by atoms with Gasteiger partial charge in [-0.15, -0.1) is 0 Å². The second-order valence-corrected chi connectivity index (χ2v) is 2.90. The number of hydrogen-bond donors (Lipinski definition) is 0. The predicted octanol–water partition coefficient (Wildman–Crippen LogP) is 1.70. The van der Waals surface area contributed by atoms with Gasteiger partial charge in [-0.3, -0.25) is 4.68 Å². The van der Waals surface area contributed by atoms with Gasteiger partial charge in [0.1, 0.15) is 0 Å². The molecule has 4 heteroatoms. The molecule has 1 aromatic rings. The number of hydrogen-bond acceptors (Lipinski definition) is 2. The topological polar surface area (TPSA) is 41.6 Å². The van der Waals surface area contributed by atoms with Crippen molar-refractivity contribution >= 4 is 11.6 Å². The number of aromatic nitrogens is 2. The summed E-state index contributed by atoms with van der Waals surface area (Å²) < 4.78 is 1.67. The van der Waals surface area contributed by atoms with Crippen LogP contribution < -0.4 is 0 Å². The molecule has 1 aromatic heterocycles. The van der Waals surface area contributed by atoms with Crippen LogP contribution >= 0.6 is 11.6 Å². The zero-order valence-electron chi connectivity index (χ0n) is 7.13. The fourth-order valence-corrected chi connectivity index (χ4v) is 1.45. The Hall–Kier alpha value is -1.01. The van der Waals surface area contributed by atoms with E-state index in [0.717, 1.165) is 17.8 Å². The Morgan fingerprint density at radius 3 is 2.75 bits per heavy atom. The molecule has 0 saturated heterocycles. The molecule has 0 aliphatic heterocycles. The van der Waals surface area contributed by atoms with Crippen molar-refractivity contribution in [2.45, 2.75) is 19.8 Å². The van der Waals surface area contributed by atoms with E-state index >= 15 is 0 Å². The minimum absolute atomic E-state index is 0.322. The third kappa shape index (κ3) is 1.44. The van der Waals surface area contributed by atoms with Gasteiger partial charge in [0.25, 0.3) is 0 Å². The van der Waals surface area contributed by atoms with Crippen LogP contribution in [-0.4, -0.2) is 9.78 Å². The van der Waals surface area contributed by atoms with Crippen LogP contribution in [0.1, 0.15) is 18.3 Å². The lowest BCUT2D eigenvalue weighted by Gasteiger charge is -1.93. The van der Waals surface area contributed by atoms with E-state index in [1.54, 1.807) is 11.7 Å². The van der Waals surface area contributed by atoms with Crippen molar-refractivity contribution in [3.63, 3.8) is 0 Å². The monoisotopic (exact) mass is 183 g/mol. The first kappa shape index (κ1) is 9.08. The molecule has 0 unspecified atom stereocenters. The van der Waals surface area contributed by atoms with Gasteiger partial charge in [-0.2, -0.15) is 10.4 Å². The Morgan fingerprint density at radius 1 is 1.67 bits per heavy atom. The van der Waals surface area contributed by atoms with Crippen LogP contribution in [0.5, 0.6) is 0 Å². The molecule has 64 valence electrons. The molecule has 0 aliphatic carbocycles. The summed E-state index contributed by atoms with van der Waals surface area (Å²) in [5.74, 6) is 0. The highest BCUT2D eigenvalue weighted by molar-refractivity contribution is 6.31. The van der Waals surface area contributed by atoms with E-state index in [1.807, 2.05) is 6.92 Å². The highest BCUT2D eigenvalue weighted by atomic mass is 35.5. The van der Waals surface area contributed by atoms with Gasteiger partial charge in [0.05, 0.1) is 28.9 Å². The standard InChI is InChI=1S/C8H10ClN3/c1-3-6-8(9)7(4-5-10)12(2)11-6/h3-4H2,1-2H3. The predicted molar refractivity (Wildman–Crippen MR) is 46.9 cm³/mol. The van der Waals surface area contributed by atoms with E-state index in [9.17, 15) is 0 Å². The molecule has 1 heterocycles. The van der Waals surface area contributed by atoms with Gasteiger partial charge >= 0.3 is 0 Å². The largest absolute Gasteiger partial charge is 0.270 e. The maximum atomic E-state index is 8.50. The van der Waals surface area contributed by atoms with E-state index in [-0.39, 0.29) is 0 Å². The lowest BCUT2D eigenvalue weighted by atomic mass is 10.2. The van der Waals surface area contributed by atoms with Crippen molar-refractivity contribution < 1.29 is 0 Å². The average molecular weight is 184 g/mol. The van der Waals surface area contributed by atoms with Crippen LogP contribution in [0.4, 0.5) is 0 Å². The van der Waals surface area contributed by atoms with Gasteiger partial charge < -0.3 is 0 Å². The molecule has 0 radical (unpaired) electrons. The zero-order valence-corrected chi connectivity index (χ0v) is 7.89. The van der Waals surface area contributed by atoms with Crippen LogP contribution in [0.15, 0.2) is 0 Å². The van der Waals surface area contributed by atoms with Gasteiger partial charge in [-0.25, -0.2) is 0 Å². The molecule has 3 nitrogen and oxygen atoms in total. The quantitative estimate of drug-likeness (QED) is 0.701. The van der Waals surface area contributed by atoms with Crippen LogP contribution in [0, 0.1) is 11.3 Å². The van der Waals surface area contributed by atoms with Gasteiger partial charge in [-0.1, -0.05) is 18.5 Å². The molecule has 0 spiro atoms. The molecule has 0 aromatic carbocycles. The lowest BCUT2D eigenvalue weighted by Crippen LogP contribution is -1.97. The summed E-state index contributed by atoms with van der Waals surface area (Å²) in [5.41, 5.74) is 1.67. The molecule has 0 bridgehead atoms. The zero-order chi connectivity index (χ0) is 9.14. The lowest BCUT2D eigenvalue weighted by molar-refractivity contribution is 0.714. The Balaban J connectivity index is 3.11. The third-order valence-electron chi connectivity index (χ3n) is 1.75. The minimum Gasteiger partial charge on any atom is -0.270 e. The highest BCUT2D eigenvalue weighted by Crippen LogP contribution is 2.20. The maximum Gasteiger partial charge on any atom is 0.0860 e. The summed E-state index contributed by atoms with van der Waals surface area (Å²) in [4.78, 5) is 0. The summed E-state index contributed by atoms with van der Waals surface area (Å²) >= 11 is 5.97. The van der Waals surface area contributed by atoms with Crippen molar-refractivity contribution in [3.05, 3.63) is 16.4 Å². The molecular weight excluding hydrogens is 174 g/mol. The van der Waals surface area contributed by atoms with E-state index in [4.69, 9.17) is 16.9 Å². The summed E-state index contributed by atoms with van der Waals surface area (Å²) in [7, 11) is 1.80. The van der Waals surface area contributed by atoms with E-state index in [1.165, 1.54) is 0 Å². The number of aryl methyl sites for hydroxylation is 2.